The van der Waals surface area contributed by atoms with Gasteiger partial charge in [0.2, 0.25) is 12.2 Å². The first-order valence-electron chi connectivity index (χ1n) is 4.33. The van der Waals surface area contributed by atoms with Crippen LogP contribution in [0.2, 0.25) is 0 Å². The van der Waals surface area contributed by atoms with Gasteiger partial charge in [-0.2, -0.15) is 5.10 Å². The molecule has 1 aliphatic rings. The number of hydrogen-bond acceptors (Lipinski definition) is 4. The number of hydrazone groups is 1. The second-order valence-corrected chi connectivity index (χ2v) is 3.12. The molecule has 2 atom stereocenters. The number of alkyl halides is 3. The number of rotatable bonds is 4. The van der Waals surface area contributed by atoms with Crippen molar-refractivity contribution in [3.8, 4) is 0 Å². The Morgan fingerprint density at radius 2 is 2.19 bits per heavy atom. The van der Waals surface area contributed by atoms with E-state index < -0.39 is 24.7 Å². The lowest BCUT2D eigenvalue weighted by Gasteiger charge is -2.28. The van der Waals surface area contributed by atoms with E-state index in [2.05, 4.69) is 5.10 Å². The standard InChI is InChI=1S/C8H10F3N3O2/c9-6(10)5(15)7(11)14-3-4(8(12)16)1-2-13-14/h1-2,5-7,15H,3H2,(H2,12,16). The van der Waals surface area contributed by atoms with Crippen molar-refractivity contribution in [2.75, 3.05) is 6.54 Å². The van der Waals surface area contributed by atoms with Crippen molar-refractivity contribution in [1.29, 1.82) is 0 Å². The number of carbonyl (C=O) groups is 1. The van der Waals surface area contributed by atoms with E-state index >= 15 is 0 Å². The summed E-state index contributed by atoms with van der Waals surface area (Å²) in [6.07, 6.45) is -5.80. The van der Waals surface area contributed by atoms with Gasteiger partial charge in [0.1, 0.15) is 0 Å². The number of nitrogens with zero attached hydrogens (tertiary/aromatic N) is 2. The third kappa shape index (κ3) is 2.72. The molecule has 0 radical (unpaired) electrons. The molecule has 0 aliphatic carbocycles. The molecule has 0 bridgehead atoms. The van der Waals surface area contributed by atoms with Crippen LogP contribution < -0.4 is 5.73 Å². The molecule has 1 heterocycles. The van der Waals surface area contributed by atoms with E-state index in [4.69, 9.17) is 10.8 Å². The molecule has 0 aromatic rings. The van der Waals surface area contributed by atoms with Gasteiger partial charge in [-0.3, -0.25) is 9.80 Å². The van der Waals surface area contributed by atoms with Crippen LogP contribution in [0.25, 0.3) is 0 Å². The van der Waals surface area contributed by atoms with Crippen molar-refractivity contribution in [3.63, 3.8) is 0 Å². The first-order valence-corrected chi connectivity index (χ1v) is 4.33. The van der Waals surface area contributed by atoms with Crippen LogP contribution in [0.15, 0.2) is 16.8 Å². The fourth-order valence-corrected chi connectivity index (χ4v) is 1.08. The van der Waals surface area contributed by atoms with E-state index in [1.165, 1.54) is 6.08 Å². The van der Waals surface area contributed by atoms with Crippen molar-refractivity contribution < 1.29 is 23.1 Å². The SMILES string of the molecule is NC(=O)C1=CC=NN(C(F)C(O)C(F)F)C1. The largest absolute Gasteiger partial charge is 0.382 e. The predicted molar refractivity (Wildman–Crippen MR) is 49.4 cm³/mol. The second kappa shape index (κ2) is 4.97. The Bertz CT molecular complexity index is 332. The number of carbonyl (C=O) groups excluding carboxylic acids is 1. The second-order valence-electron chi connectivity index (χ2n) is 3.12. The summed E-state index contributed by atoms with van der Waals surface area (Å²) in [6.45, 7) is -0.350. The molecule has 0 saturated carbocycles. The van der Waals surface area contributed by atoms with Gasteiger partial charge in [-0.15, -0.1) is 0 Å². The van der Waals surface area contributed by atoms with Gasteiger partial charge >= 0.3 is 0 Å². The third-order valence-electron chi connectivity index (χ3n) is 1.96. The summed E-state index contributed by atoms with van der Waals surface area (Å²) in [5.74, 6) is -0.796. The zero-order valence-electron chi connectivity index (χ0n) is 8.05. The average Bonchev–Trinajstić information content (AvgIpc) is 2.27. The van der Waals surface area contributed by atoms with Gasteiger partial charge in [-0.1, -0.05) is 0 Å². The monoisotopic (exact) mass is 237 g/mol. The molecule has 5 nitrogen and oxygen atoms in total. The molecule has 1 rings (SSSR count). The van der Waals surface area contributed by atoms with Crippen LogP contribution in [0.4, 0.5) is 13.2 Å². The fraction of sp³-hybridized carbons (Fsp3) is 0.500. The summed E-state index contributed by atoms with van der Waals surface area (Å²) in [5.41, 5.74) is 4.96. The Balaban J connectivity index is 2.68. The number of aliphatic hydroxyl groups excluding tert-OH is 1. The van der Waals surface area contributed by atoms with Gasteiger partial charge in [-0.05, 0) is 6.08 Å². The first kappa shape index (κ1) is 12.5. The highest BCUT2D eigenvalue weighted by Gasteiger charge is 2.33. The topological polar surface area (TPSA) is 78.9 Å². The molecule has 2 unspecified atom stereocenters. The highest BCUT2D eigenvalue weighted by atomic mass is 19.3. The van der Waals surface area contributed by atoms with Crippen LogP contribution in [0.1, 0.15) is 0 Å². The lowest BCUT2D eigenvalue weighted by molar-refractivity contribution is -0.116. The highest BCUT2D eigenvalue weighted by molar-refractivity contribution is 5.97. The lowest BCUT2D eigenvalue weighted by Crippen LogP contribution is -2.44. The Kier molecular flexibility index (Phi) is 3.88. The van der Waals surface area contributed by atoms with Crippen LogP contribution in [0, 0.1) is 0 Å². The van der Waals surface area contributed by atoms with Gasteiger partial charge in [0.25, 0.3) is 6.43 Å². The summed E-state index contributed by atoms with van der Waals surface area (Å²) in [5, 5.41) is 12.8. The van der Waals surface area contributed by atoms with E-state index in [1.54, 1.807) is 0 Å². The van der Waals surface area contributed by atoms with Crippen molar-refractivity contribution in [1.82, 2.24) is 5.01 Å². The maximum Gasteiger partial charge on any atom is 0.268 e. The lowest BCUT2D eigenvalue weighted by atomic mass is 10.2. The summed E-state index contributed by atoms with van der Waals surface area (Å²) in [7, 11) is 0. The van der Waals surface area contributed by atoms with Crippen LogP contribution in [0.5, 0.6) is 0 Å². The highest BCUT2D eigenvalue weighted by Crippen LogP contribution is 2.16. The number of amides is 1. The molecule has 90 valence electrons. The van der Waals surface area contributed by atoms with E-state index in [1.807, 2.05) is 0 Å². The predicted octanol–water partition coefficient (Wildman–Crippen LogP) is -0.379. The molecule has 1 amide bonds. The molecular formula is C8H10F3N3O2. The Morgan fingerprint density at radius 3 is 2.69 bits per heavy atom. The van der Waals surface area contributed by atoms with Gasteiger partial charge in [0.05, 0.1) is 6.54 Å². The molecule has 8 heteroatoms. The zero-order valence-corrected chi connectivity index (χ0v) is 8.05. The molecule has 1 aliphatic heterocycles. The number of aliphatic hydroxyl groups is 1. The summed E-state index contributed by atoms with van der Waals surface area (Å²) in [6, 6.07) is 0. The molecule has 0 aromatic carbocycles. The van der Waals surface area contributed by atoms with Crippen molar-refractivity contribution in [3.05, 3.63) is 11.6 Å². The molecular weight excluding hydrogens is 227 g/mol. The fourth-order valence-electron chi connectivity index (χ4n) is 1.08. The molecule has 0 fully saturated rings. The van der Waals surface area contributed by atoms with Gasteiger partial charge in [-0.25, -0.2) is 13.2 Å². The van der Waals surface area contributed by atoms with Crippen LogP contribution in [-0.4, -0.2) is 47.6 Å². The minimum absolute atomic E-state index is 0.0270. The van der Waals surface area contributed by atoms with Crippen LogP contribution >= 0.6 is 0 Å². The van der Waals surface area contributed by atoms with E-state index in [0.717, 1.165) is 6.21 Å². The first-order chi connectivity index (χ1) is 7.43. The van der Waals surface area contributed by atoms with Gasteiger partial charge < -0.3 is 10.8 Å². The molecule has 0 spiro atoms. The van der Waals surface area contributed by atoms with Crippen molar-refractivity contribution >= 4 is 12.1 Å². The maximum absolute atomic E-state index is 13.3. The Labute approximate surface area is 89.0 Å². The number of primary amides is 1. The van der Waals surface area contributed by atoms with E-state index in [0.29, 0.717) is 5.01 Å². The maximum atomic E-state index is 13.3. The van der Waals surface area contributed by atoms with Gasteiger partial charge in [0, 0.05) is 11.8 Å². The van der Waals surface area contributed by atoms with Gasteiger partial charge in [0.15, 0.2) is 6.10 Å². The number of hydrogen-bond donors (Lipinski definition) is 2. The van der Waals surface area contributed by atoms with Crippen LogP contribution in [0.3, 0.4) is 0 Å². The quantitative estimate of drug-likeness (QED) is 0.654. The molecule has 3 N–H and O–H groups in total. The van der Waals surface area contributed by atoms with E-state index in [9.17, 15) is 18.0 Å². The minimum Gasteiger partial charge on any atom is -0.382 e. The number of halogens is 3. The summed E-state index contributed by atoms with van der Waals surface area (Å²) < 4.78 is 37.3. The zero-order chi connectivity index (χ0) is 12.3. The molecule has 0 aromatic heterocycles. The minimum atomic E-state index is -3.23. The van der Waals surface area contributed by atoms with Crippen molar-refractivity contribution in [2.45, 2.75) is 18.8 Å². The normalized spacial score (nSPS) is 19.6. The van der Waals surface area contributed by atoms with Crippen LogP contribution in [-0.2, 0) is 4.79 Å². The Hall–Kier alpha value is -1.57. The van der Waals surface area contributed by atoms with E-state index in [-0.39, 0.29) is 12.1 Å². The smallest absolute Gasteiger partial charge is 0.268 e. The third-order valence-corrected chi connectivity index (χ3v) is 1.96. The number of allylic oxidation sites excluding steroid dienone is 1. The summed E-state index contributed by atoms with van der Waals surface area (Å²) in [4.78, 5) is 10.8. The average molecular weight is 237 g/mol. The molecule has 16 heavy (non-hydrogen) atoms. The summed E-state index contributed by atoms with van der Waals surface area (Å²) >= 11 is 0. The molecule has 0 saturated heterocycles. The Morgan fingerprint density at radius 1 is 1.56 bits per heavy atom. The van der Waals surface area contributed by atoms with Crippen molar-refractivity contribution in [2.24, 2.45) is 10.8 Å². The number of nitrogens with two attached hydrogens (primary N) is 1.